The second-order valence-corrected chi connectivity index (χ2v) is 7.70. The number of aromatic nitrogens is 1. The maximum atomic E-state index is 12.2. The molecule has 1 aromatic heterocycles. The minimum Gasteiger partial charge on any atom is -0.454 e. The van der Waals surface area contributed by atoms with Gasteiger partial charge >= 0.3 is 0 Å². The van der Waals surface area contributed by atoms with E-state index in [-0.39, 0.29) is 18.4 Å². The number of hydrogen-bond donors (Lipinski definition) is 1. The fourth-order valence-electron chi connectivity index (χ4n) is 3.57. The molecule has 0 saturated carbocycles. The lowest BCUT2D eigenvalue weighted by Gasteiger charge is -2.21. The Hall–Kier alpha value is -3.36. The fourth-order valence-corrected chi connectivity index (χ4v) is 3.57. The topological polar surface area (TPSA) is 86.1 Å². The van der Waals surface area contributed by atoms with Crippen LogP contribution < -0.4 is 14.8 Å². The van der Waals surface area contributed by atoms with Crippen molar-refractivity contribution in [2.75, 3.05) is 27.1 Å². The lowest BCUT2D eigenvalue weighted by Crippen LogP contribution is -2.27. The minimum atomic E-state index is -0.280. The van der Waals surface area contributed by atoms with Gasteiger partial charge in [0.05, 0.1) is 13.2 Å². The molecular formula is C24H27N3O5. The first-order valence-electron chi connectivity index (χ1n) is 10.5. The molecule has 0 saturated heterocycles. The van der Waals surface area contributed by atoms with Crippen molar-refractivity contribution >= 4 is 5.91 Å². The van der Waals surface area contributed by atoms with Crippen LogP contribution in [0.25, 0.3) is 0 Å². The van der Waals surface area contributed by atoms with E-state index >= 15 is 0 Å². The lowest BCUT2D eigenvalue weighted by molar-refractivity contribution is 0.0932. The molecule has 168 valence electrons. The monoisotopic (exact) mass is 437 g/mol. The summed E-state index contributed by atoms with van der Waals surface area (Å²) in [6, 6.07) is 14.3. The van der Waals surface area contributed by atoms with E-state index in [4.69, 9.17) is 18.6 Å². The van der Waals surface area contributed by atoms with E-state index in [0.29, 0.717) is 38.7 Å². The van der Waals surface area contributed by atoms with Crippen LogP contribution in [0.15, 0.2) is 53.1 Å². The number of amides is 1. The van der Waals surface area contributed by atoms with Gasteiger partial charge in [-0.05, 0) is 30.2 Å². The van der Waals surface area contributed by atoms with E-state index in [2.05, 4.69) is 46.4 Å². The summed E-state index contributed by atoms with van der Waals surface area (Å²) in [6.07, 6.45) is 1.39. The van der Waals surface area contributed by atoms with E-state index in [1.807, 2.05) is 18.2 Å². The molecule has 8 nitrogen and oxygen atoms in total. The highest BCUT2D eigenvalue weighted by Gasteiger charge is 2.18. The quantitative estimate of drug-likeness (QED) is 0.487. The van der Waals surface area contributed by atoms with Gasteiger partial charge in [0.15, 0.2) is 17.2 Å². The number of rotatable bonds is 10. The third-order valence-corrected chi connectivity index (χ3v) is 5.07. The fraction of sp³-hybridized carbons (Fsp3) is 0.333. The Morgan fingerprint density at radius 1 is 1.09 bits per heavy atom. The Bertz CT molecular complexity index is 1070. The molecule has 0 aliphatic carbocycles. The first kappa shape index (κ1) is 21.9. The second kappa shape index (κ2) is 10.3. The van der Waals surface area contributed by atoms with Crippen molar-refractivity contribution < 1.29 is 23.4 Å². The van der Waals surface area contributed by atoms with E-state index < -0.39 is 0 Å². The van der Waals surface area contributed by atoms with Gasteiger partial charge in [0.25, 0.3) is 5.91 Å². The molecule has 1 amide bonds. The van der Waals surface area contributed by atoms with Gasteiger partial charge < -0.3 is 23.9 Å². The van der Waals surface area contributed by atoms with E-state index in [1.54, 1.807) is 7.11 Å². The summed E-state index contributed by atoms with van der Waals surface area (Å²) in [7, 11) is 1.59. The Kier molecular flexibility index (Phi) is 7.03. The molecule has 4 rings (SSSR count). The SMILES string of the molecule is COCCNC(=O)c1coc(CN(Cc2cccc(C)c2)Cc2ccc3c(c2)OCO3)n1. The molecule has 0 atom stereocenters. The molecule has 0 bridgehead atoms. The summed E-state index contributed by atoms with van der Waals surface area (Å²) in [5.41, 5.74) is 3.74. The number of carbonyl (C=O) groups excluding carboxylic acids is 1. The number of hydrogen-bond acceptors (Lipinski definition) is 7. The molecule has 1 aliphatic heterocycles. The number of nitrogens with zero attached hydrogens (tertiary/aromatic N) is 2. The summed E-state index contributed by atoms with van der Waals surface area (Å²) < 4.78 is 21.5. The van der Waals surface area contributed by atoms with Crippen LogP contribution in [0.2, 0.25) is 0 Å². The number of oxazole rings is 1. The molecular weight excluding hydrogens is 410 g/mol. The van der Waals surface area contributed by atoms with E-state index in [9.17, 15) is 4.79 Å². The number of nitrogens with one attached hydrogen (secondary N) is 1. The van der Waals surface area contributed by atoms with Crippen molar-refractivity contribution in [3.05, 3.63) is 77.0 Å². The zero-order valence-electron chi connectivity index (χ0n) is 18.3. The summed E-state index contributed by atoms with van der Waals surface area (Å²) in [5, 5.41) is 2.75. The zero-order chi connectivity index (χ0) is 22.3. The van der Waals surface area contributed by atoms with Gasteiger partial charge in [-0.2, -0.15) is 0 Å². The highest BCUT2D eigenvalue weighted by atomic mass is 16.7. The number of methoxy groups -OCH3 is 1. The summed E-state index contributed by atoms with van der Waals surface area (Å²) in [6.45, 7) is 4.99. The van der Waals surface area contributed by atoms with Crippen LogP contribution in [-0.4, -0.2) is 42.8 Å². The van der Waals surface area contributed by atoms with Crippen LogP contribution >= 0.6 is 0 Å². The van der Waals surface area contributed by atoms with Gasteiger partial charge in [-0.25, -0.2) is 4.98 Å². The van der Waals surface area contributed by atoms with Crippen molar-refractivity contribution in [3.63, 3.8) is 0 Å². The Labute approximate surface area is 187 Å². The highest BCUT2D eigenvalue weighted by molar-refractivity contribution is 5.91. The second-order valence-electron chi connectivity index (χ2n) is 7.70. The third-order valence-electron chi connectivity index (χ3n) is 5.07. The number of carbonyl (C=O) groups is 1. The van der Waals surface area contributed by atoms with Crippen LogP contribution in [0.1, 0.15) is 33.1 Å². The molecule has 1 aliphatic rings. The van der Waals surface area contributed by atoms with Crippen molar-refractivity contribution in [2.45, 2.75) is 26.6 Å². The van der Waals surface area contributed by atoms with Crippen molar-refractivity contribution in [2.24, 2.45) is 0 Å². The Morgan fingerprint density at radius 3 is 2.72 bits per heavy atom. The van der Waals surface area contributed by atoms with E-state index in [1.165, 1.54) is 17.4 Å². The van der Waals surface area contributed by atoms with Crippen LogP contribution in [0.4, 0.5) is 0 Å². The van der Waals surface area contributed by atoms with Crippen LogP contribution in [0.5, 0.6) is 11.5 Å². The first-order valence-corrected chi connectivity index (χ1v) is 10.5. The van der Waals surface area contributed by atoms with Crippen LogP contribution in [0, 0.1) is 6.92 Å². The number of fused-ring (bicyclic) bond motifs is 1. The first-order chi connectivity index (χ1) is 15.6. The average Bonchev–Trinajstić information content (AvgIpc) is 3.43. The number of ether oxygens (including phenoxy) is 3. The lowest BCUT2D eigenvalue weighted by atomic mass is 10.1. The van der Waals surface area contributed by atoms with Gasteiger partial charge in [-0.3, -0.25) is 9.69 Å². The zero-order valence-corrected chi connectivity index (χ0v) is 18.3. The van der Waals surface area contributed by atoms with Gasteiger partial charge in [0, 0.05) is 26.7 Å². The standard InChI is InChI=1S/C24H27N3O5/c1-17-4-3-5-18(10-17)12-27(13-19-6-7-21-22(11-19)32-16-31-21)14-23-26-20(15-30-23)24(28)25-8-9-29-2/h3-7,10-11,15H,8-9,12-14,16H2,1-2H3,(H,25,28). The molecule has 0 unspecified atom stereocenters. The van der Waals surface area contributed by atoms with E-state index in [0.717, 1.165) is 17.1 Å². The smallest absolute Gasteiger partial charge is 0.273 e. The predicted octanol–water partition coefficient (Wildman–Crippen LogP) is 3.29. The molecule has 8 heteroatoms. The number of benzene rings is 2. The summed E-state index contributed by atoms with van der Waals surface area (Å²) in [5.74, 6) is 1.72. The maximum absolute atomic E-state index is 12.2. The maximum Gasteiger partial charge on any atom is 0.273 e. The molecule has 2 aromatic carbocycles. The van der Waals surface area contributed by atoms with Gasteiger partial charge in [0.2, 0.25) is 12.7 Å². The normalized spacial score (nSPS) is 12.3. The van der Waals surface area contributed by atoms with Gasteiger partial charge in [-0.15, -0.1) is 0 Å². The highest BCUT2D eigenvalue weighted by Crippen LogP contribution is 2.33. The molecule has 0 radical (unpaired) electrons. The van der Waals surface area contributed by atoms with Crippen molar-refractivity contribution in [1.29, 1.82) is 0 Å². The summed E-state index contributed by atoms with van der Waals surface area (Å²) >= 11 is 0. The van der Waals surface area contributed by atoms with Crippen molar-refractivity contribution in [3.8, 4) is 11.5 Å². The number of aryl methyl sites for hydroxylation is 1. The van der Waals surface area contributed by atoms with Crippen molar-refractivity contribution in [1.82, 2.24) is 15.2 Å². The molecule has 32 heavy (non-hydrogen) atoms. The minimum absolute atomic E-state index is 0.247. The molecule has 1 N–H and O–H groups in total. The summed E-state index contributed by atoms with van der Waals surface area (Å²) in [4.78, 5) is 18.8. The third kappa shape index (κ3) is 5.66. The Morgan fingerprint density at radius 2 is 1.91 bits per heavy atom. The largest absolute Gasteiger partial charge is 0.454 e. The van der Waals surface area contributed by atoms with Crippen LogP contribution in [-0.2, 0) is 24.4 Å². The van der Waals surface area contributed by atoms with Gasteiger partial charge in [-0.1, -0.05) is 35.9 Å². The Balaban J connectivity index is 1.48. The molecule has 3 aromatic rings. The van der Waals surface area contributed by atoms with Crippen LogP contribution in [0.3, 0.4) is 0 Å². The average molecular weight is 437 g/mol. The molecule has 0 fully saturated rings. The predicted molar refractivity (Wildman–Crippen MR) is 117 cm³/mol. The molecule has 2 heterocycles. The molecule has 0 spiro atoms. The van der Waals surface area contributed by atoms with Gasteiger partial charge in [0.1, 0.15) is 6.26 Å².